The summed E-state index contributed by atoms with van der Waals surface area (Å²) in [6.45, 7) is 10.4. The average Bonchev–Trinajstić information content (AvgIpc) is 2.88. The summed E-state index contributed by atoms with van der Waals surface area (Å²) in [6, 6.07) is 5.98. The van der Waals surface area contributed by atoms with E-state index < -0.39 is 0 Å². The Bertz CT molecular complexity index is 766. The van der Waals surface area contributed by atoms with E-state index in [9.17, 15) is 4.79 Å². The first kappa shape index (κ1) is 20.7. The molecule has 0 saturated carbocycles. The number of unbranched alkanes of at least 4 members (excludes halogenated alkanes) is 2. The maximum absolute atomic E-state index is 12.6. The molecule has 0 saturated heterocycles. The molecule has 0 atom stereocenters. The number of hydrogen-bond donors (Lipinski definition) is 0. The van der Waals surface area contributed by atoms with E-state index in [2.05, 4.69) is 41.8 Å². The number of ether oxygens (including phenoxy) is 1. The molecule has 0 bridgehead atoms. The van der Waals surface area contributed by atoms with Gasteiger partial charge in [0, 0.05) is 5.69 Å². The van der Waals surface area contributed by atoms with E-state index in [0.717, 1.165) is 28.7 Å². The number of nitrogens with zero attached hydrogens (tertiary/aromatic N) is 2. The van der Waals surface area contributed by atoms with Gasteiger partial charge in [-0.3, -0.25) is 4.79 Å². The number of carbonyl (C=O) groups is 1. The highest BCUT2D eigenvalue weighted by Gasteiger charge is 2.17. The Labute approximate surface area is 165 Å². The highest BCUT2D eigenvalue weighted by Crippen LogP contribution is 2.29. The van der Waals surface area contributed by atoms with Gasteiger partial charge in [0.25, 0.3) is 5.91 Å². The van der Waals surface area contributed by atoms with Crippen molar-refractivity contribution in [1.29, 1.82) is 0 Å². The predicted molar refractivity (Wildman–Crippen MR) is 109 cm³/mol. The van der Waals surface area contributed by atoms with Crippen LogP contribution in [0.2, 0.25) is 0 Å². The molecule has 0 radical (unpaired) electrons. The van der Waals surface area contributed by atoms with Gasteiger partial charge < -0.3 is 4.74 Å². The van der Waals surface area contributed by atoms with Crippen molar-refractivity contribution in [3.8, 4) is 5.75 Å². The minimum absolute atomic E-state index is 0.0318. The van der Waals surface area contributed by atoms with Crippen LogP contribution in [0.15, 0.2) is 22.7 Å². The van der Waals surface area contributed by atoms with Gasteiger partial charge in [0.2, 0.25) is 0 Å². The van der Waals surface area contributed by atoms with Gasteiger partial charge in [0.05, 0.1) is 10.2 Å². The van der Waals surface area contributed by atoms with Crippen LogP contribution < -0.4 is 4.74 Å². The summed E-state index contributed by atoms with van der Waals surface area (Å²) in [6.07, 6.45) is 4.48. The maximum Gasteiger partial charge on any atom is 0.284 e. The molecule has 0 aliphatic carbocycles. The SMILES string of the molecule is CCCCCc1c(C)nn(C(=O)COc2ccc(C(C)C)cc2Br)c1C. The molecule has 26 heavy (non-hydrogen) atoms. The molecule has 0 aliphatic rings. The van der Waals surface area contributed by atoms with Crippen molar-refractivity contribution in [3.05, 3.63) is 45.2 Å². The van der Waals surface area contributed by atoms with Crippen LogP contribution in [0.5, 0.6) is 5.75 Å². The maximum atomic E-state index is 12.6. The minimum Gasteiger partial charge on any atom is -0.483 e. The van der Waals surface area contributed by atoms with Crippen LogP contribution in [-0.2, 0) is 6.42 Å². The number of aromatic nitrogens is 2. The number of halogens is 1. The molecule has 0 N–H and O–H groups in total. The van der Waals surface area contributed by atoms with Crippen molar-refractivity contribution < 1.29 is 9.53 Å². The molecule has 1 aromatic heterocycles. The van der Waals surface area contributed by atoms with E-state index in [0.29, 0.717) is 11.7 Å². The van der Waals surface area contributed by atoms with Crippen LogP contribution in [0.25, 0.3) is 0 Å². The van der Waals surface area contributed by atoms with Gasteiger partial charge in [-0.25, -0.2) is 4.68 Å². The first-order chi connectivity index (χ1) is 12.3. The molecule has 5 heteroatoms. The Kier molecular flexibility index (Phi) is 7.44. The van der Waals surface area contributed by atoms with Crippen LogP contribution in [0.3, 0.4) is 0 Å². The minimum atomic E-state index is -0.146. The monoisotopic (exact) mass is 420 g/mol. The van der Waals surface area contributed by atoms with Crippen LogP contribution in [-0.4, -0.2) is 22.3 Å². The Morgan fingerprint density at radius 3 is 2.62 bits per heavy atom. The molecule has 142 valence electrons. The standard InChI is InChI=1S/C21H29BrN2O2/c1-6-7-8-9-18-15(4)23-24(16(18)5)21(25)13-26-20-11-10-17(14(2)3)12-19(20)22/h10-12,14H,6-9,13H2,1-5H3. The van der Waals surface area contributed by atoms with Gasteiger partial charge in [-0.1, -0.05) is 39.7 Å². The average molecular weight is 421 g/mol. The zero-order valence-electron chi connectivity index (χ0n) is 16.4. The second-order valence-electron chi connectivity index (χ2n) is 7.05. The molecular formula is C21H29BrN2O2. The van der Waals surface area contributed by atoms with E-state index in [1.807, 2.05) is 32.0 Å². The lowest BCUT2D eigenvalue weighted by atomic mass is 10.0. The van der Waals surface area contributed by atoms with Crippen molar-refractivity contribution in [3.63, 3.8) is 0 Å². The summed E-state index contributed by atoms with van der Waals surface area (Å²) in [4.78, 5) is 12.6. The third-order valence-corrected chi connectivity index (χ3v) is 5.30. The molecular weight excluding hydrogens is 392 g/mol. The van der Waals surface area contributed by atoms with Crippen molar-refractivity contribution >= 4 is 21.8 Å². The highest BCUT2D eigenvalue weighted by atomic mass is 79.9. The molecule has 0 amide bonds. The van der Waals surface area contributed by atoms with Crippen LogP contribution in [0.4, 0.5) is 0 Å². The summed E-state index contributed by atoms with van der Waals surface area (Å²) in [7, 11) is 0. The Morgan fingerprint density at radius 2 is 2.00 bits per heavy atom. The van der Waals surface area contributed by atoms with Crippen LogP contribution in [0.1, 0.15) is 73.3 Å². The van der Waals surface area contributed by atoms with Crippen molar-refractivity contribution in [2.75, 3.05) is 6.61 Å². The van der Waals surface area contributed by atoms with Gasteiger partial charge in [-0.15, -0.1) is 0 Å². The summed E-state index contributed by atoms with van der Waals surface area (Å²) in [5.41, 5.74) is 4.29. The first-order valence-electron chi connectivity index (χ1n) is 9.35. The topological polar surface area (TPSA) is 44.1 Å². The normalized spacial score (nSPS) is 11.2. The second-order valence-corrected chi connectivity index (χ2v) is 7.90. The lowest BCUT2D eigenvalue weighted by molar-refractivity contribution is 0.0817. The van der Waals surface area contributed by atoms with Gasteiger partial charge in [-0.05, 0) is 71.8 Å². The molecule has 2 rings (SSSR count). The number of benzene rings is 1. The van der Waals surface area contributed by atoms with Crippen molar-refractivity contribution in [1.82, 2.24) is 9.78 Å². The molecule has 0 spiro atoms. The number of rotatable bonds is 8. The highest BCUT2D eigenvalue weighted by molar-refractivity contribution is 9.10. The van der Waals surface area contributed by atoms with Crippen LogP contribution >= 0.6 is 15.9 Å². The zero-order chi connectivity index (χ0) is 19.3. The van der Waals surface area contributed by atoms with E-state index >= 15 is 0 Å². The van der Waals surface area contributed by atoms with E-state index in [1.165, 1.54) is 28.7 Å². The van der Waals surface area contributed by atoms with Gasteiger partial charge in [0.15, 0.2) is 6.61 Å². The van der Waals surface area contributed by atoms with Gasteiger partial charge in [0.1, 0.15) is 5.75 Å². The summed E-state index contributed by atoms with van der Waals surface area (Å²) in [5.74, 6) is 0.974. The Balaban J connectivity index is 2.05. The Hall–Kier alpha value is -1.62. The molecule has 0 fully saturated rings. The number of aryl methyl sites for hydroxylation is 1. The summed E-state index contributed by atoms with van der Waals surface area (Å²) < 4.78 is 8.09. The fourth-order valence-electron chi connectivity index (χ4n) is 3.03. The van der Waals surface area contributed by atoms with Crippen LogP contribution in [0, 0.1) is 13.8 Å². The van der Waals surface area contributed by atoms with Gasteiger partial charge in [-0.2, -0.15) is 5.10 Å². The third kappa shape index (κ3) is 4.97. The van der Waals surface area contributed by atoms with E-state index in [1.54, 1.807) is 0 Å². The molecule has 1 heterocycles. The fourth-order valence-corrected chi connectivity index (χ4v) is 3.54. The zero-order valence-corrected chi connectivity index (χ0v) is 18.0. The lowest BCUT2D eigenvalue weighted by Gasteiger charge is -2.11. The largest absolute Gasteiger partial charge is 0.483 e. The van der Waals surface area contributed by atoms with Gasteiger partial charge >= 0.3 is 0 Å². The number of hydrogen-bond acceptors (Lipinski definition) is 3. The molecule has 2 aromatic rings. The summed E-state index contributed by atoms with van der Waals surface area (Å²) >= 11 is 3.53. The third-order valence-electron chi connectivity index (χ3n) is 4.68. The van der Waals surface area contributed by atoms with Crippen molar-refractivity contribution in [2.45, 2.75) is 66.2 Å². The Morgan fingerprint density at radius 1 is 1.27 bits per heavy atom. The number of carbonyl (C=O) groups excluding carboxylic acids is 1. The molecule has 4 nitrogen and oxygen atoms in total. The smallest absolute Gasteiger partial charge is 0.284 e. The second kappa shape index (κ2) is 9.36. The molecule has 0 unspecified atom stereocenters. The lowest BCUT2D eigenvalue weighted by Crippen LogP contribution is -2.22. The first-order valence-corrected chi connectivity index (χ1v) is 10.1. The molecule has 0 aliphatic heterocycles. The summed E-state index contributed by atoms with van der Waals surface area (Å²) in [5, 5.41) is 4.44. The molecule has 1 aromatic carbocycles. The quantitative estimate of drug-likeness (QED) is 0.503. The predicted octanol–water partition coefficient (Wildman–Crippen LogP) is 5.84. The van der Waals surface area contributed by atoms with Crippen molar-refractivity contribution in [2.24, 2.45) is 0 Å². The van der Waals surface area contributed by atoms with E-state index in [4.69, 9.17) is 4.74 Å². The van der Waals surface area contributed by atoms with E-state index in [-0.39, 0.29) is 12.5 Å². The fraction of sp³-hybridized carbons (Fsp3) is 0.524.